The molecule has 7 N–H and O–H groups in total. The number of carboxylic acids is 1. The van der Waals surface area contributed by atoms with Gasteiger partial charge in [-0.15, -0.1) is 0 Å². The number of carboxylic acid groups (broad SMARTS) is 1. The van der Waals surface area contributed by atoms with Gasteiger partial charge in [-0.25, -0.2) is 4.79 Å². The third-order valence-corrected chi connectivity index (χ3v) is 5.43. The molecule has 0 heterocycles. The minimum absolute atomic E-state index is 0.0364. The first-order chi connectivity index (χ1) is 17.3. The fourth-order valence-corrected chi connectivity index (χ4v) is 3.57. The van der Waals surface area contributed by atoms with E-state index in [1.807, 2.05) is 27.7 Å². The summed E-state index contributed by atoms with van der Waals surface area (Å²) in [5.74, 6) is -3.34. The molecule has 4 atom stereocenters. The van der Waals surface area contributed by atoms with Gasteiger partial charge in [0.05, 0.1) is 12.6 Å². The normalized spacial score (nSPS) is 14.3. The van der Waals surface area contributed by atoms with Gasteiger partial charge in [0.1, 0.15) is 18.1 Å². The lowest BCUT2D eigenvalue weighted by atomic mass is 10.00. The molecular weight excluding hydrogens is 478 g/mol. The lowest BCUT2D eigenvalue weighted by Gasteiger charge is -2.25. The van der Waals surface area contributed by atoms with Crippen LogP contribution in [0, 0.1) is 11.8 Å². The summed E-state index contributed by atoms with van der Waals surface area (Å²) in [6, 6.07) is 5.06. The molecular formula is C26H41N5O6. The highest BCUT2D eigenvalue weighted by Gasteiger charge is 2.29. The van der Waals surface area contributed by atoms with Crippen LogP contribution in [0.15, 0.2) is 30.3 Å². The van der Waals surface area contributed by atoms with Crippen LogP contribution in [0.2, 0.25) is 0 Å². The number of rotatable bonds is 15. The van der Waals surface area contributed by atoms with Crippen molar-refractivity contribution in [3.05, 3.63) is 35.9 Å². The molecule has 0 spiro atoms. The zero-order chi connectivity index (χ0) is 28.1. The summed E-state index contributed by atoms with van der Waals surface area (Å²) in [7, 11) is 0. The minimum Gasteiger partial charge on any atom is -0.480 e. The highest BCUT2D eigenvalue weighted by Crippen LogP contribution is 2.09. The summed E-state index contributed by atoms with van der Waals surface area (Å²) in [4.78, 5) is 61.9. The zero-order valence-corrected chi connectivity index (χ0v) is 22.2. The van der Waals surface area contributed by atoms with Gasteiger partial charge in [0, 0.05) is 6.42 Å². The average molecular weight is 520 g/mol. The van der Waals surface area contributed by atoms with Gasteiger partial charge in [-0.3, -0.25) is 19.2 Å². The molecule has 4 amide bonds. The molecule has 1 aromatic rings. The number of amides is 4. The molecule has 206 valence electrons. The average Bonchev–Trinajstić information content (AvgIpc) is 2.81. The van der Waals surface area contributed by atoms with E-state index in [2.05, 4.69) is 21.3 Å². The van der Waals surface area contributed by atoms with Crippen molar-refractivity contribution >= 4 is 29.6 Å². The first-order valence-corrected chi connectivity index (χ1v) is 12.5. The molecule has 0 aliphatic heterocycles. The van der Waals surface area contributed by atoms with E-state index in [-0.39, 0.29) is 18.3 Å². The van der Waals surface area contributed by atoms with Crippen molar-refractivity contribution in [1.82, 2.24) is 21.3 Å². The van der Waals surface area contributed by atoms with Gasteiger partial charge >= 0.3 is 5.97 Å². The fraction of sp³-hybridized carbons (Fsp3) is 0.577. The third-order valence-electron chi connectivity index (χ3n) is 5.43. The lowest BCUT2D eigenvalue weighted by Crippen LogP contribution is -2.56. The molecule has 1 rings (SSSR count). The van der Waals surface area contributed by atoms with Crippen LogP contribution in [0.5, 0.6) is 0 Å². The summed E-state index contributed by atoms with van der Waals surface area (Å²) in [5.41, 5.74) is 6.35. The first kappa shape index (κ1) is 31.6. The number of hydrogen-bond acceptors (Lipinski definition) is 6. The molecule has 0 fully saturated rings. The van der Waals surface area contributed by atoms with Gasteiger partial charge in [0.15, 0.2) is 0 Å². The Morgan fingerprint density at radius 1 is 0.757 bits per heavy atom. The Hall–Kier alpha value is -3.47. The molecule has 1 aromatic carbocycles. The number of carbonyl (C=O) groups excluding carboxylic acids is 4. The Balaban J connectivity index is 2.81. The van der Waals surface area contributed by atoms with Crippen molar-refractivity contribution in [3.63, 3.8) is 0 Å². The number of nitrogens with two attached hydrogens (primary N) is 1. The standard InChI is InChI=1S/C26H41N5O6/c1-15(2)11-19(31-25(35)20(12-16(3)4)30-23(33)17(5)27)24(34)28-14-22(32)29-21(26(36)37)13-18-9-7-6-8-10-18/h6-10,15-17,19-21H,11-14,27H2,1-5H3,(H,28,34)(H,29,32)(H,30,33)(H,31,35)(H,36,37). The van der Waals surface area contributed by atoms with Gasteiger partial charge in [-0.1, -0.05) is 58.0 Å². The summed E-state index contributed by atoms with van der Waals surface area (Å²) in [5, 5.41) is 19.7. The maximum absolute atomic E-state index is 13.0. The molecule has 0 aliphatic rings. The molecule has 11 heteroatoms. The predicted molar refractivity (Wildman–Crippen MR) is 139 cm³/mol. The lowest BCUT2D eigenvalue weighted by molar-refractivity contribution is -0.141. The third kappa shape index (κ3) is 12.4. The summed E-state index contributed by atoms with van der Waals surface area (Å²) in [6.45, 7) is 8.61. The van der Waals surface area contributed by atoms with Crippen LogP contribution in [-0.4, -0.2) is 65.4 Å². The van der Waals surface area contributed by atoms with Crippen molar-refractivity contribution in [3.8, 4) is 0 Å². The van der Waals surface area contributed by atoms with Crippen molar-refractivity contribution in [1.29, 1.82) is 0 Å². The zero-order valence-electron chi connectivity index (χ0n) is 22.2. The van der Waals surface area contributed by atoms with E-state index >= 15 is 0 Å². The topological polar surface area (TPSA) is 180 Å². The quantitative estimate of drug-likeness (QED) is 0.193. The van der Waals surface area contributed by atoms with Crippen LogP contribution >= 0.6 is 0 Å². The number of carbonyl (C=O) groups is 5. The number of aliphatic carboxylic acids is 1. The SMILES string of the molecule is CC(C)CC(NC(=O)C(C)N)C(=O)NC(CC(C)C)C(=O)NCC(=O)NC(Cc1ccccc1)C(=O)O. The highest BCUT2D eigenvalue weighted by atomic mass is 16.4. The molecule has 0 radical (unpaired) electrons. The predicted octanol–water partition coefficient (Wildman–Crippen LogP) is 0.324. The Bertz CT molecular complexity index is 919. The van der Waals surface area contributed by atoms with Crippen LogP contribution in [0.1, 0.15) is 53.0 Å². The molecule has 0 aromatic heterocycles. The monoisotopic (exact) mass is 519 g/mol. The minimum atomic E-state index is -1.20. The second kappa shape index (κ2) is 15.6. The molecule has 37 heavy (non-hydrogen) atoms. The highest BCUT2D eigenvalue weighted by molar-refractivity contribution is 5.94. The van der Waals surface area contributed by atoms with Crippen LogP contribution < -0.4 is 27.0 Å². The van der Waals surface area contributed by atoms with E-state index in [4.69, 9.17) is 5.73 Å². The molecule has 0 bridgehead atoms. The summed E-state index contributed by atoms with van der Waals surface area (Å²) < 4.78 is 0. The van der Waals surface area contributed by atoms with E-state index in [0.717, 1.165) is 5.56 Å². The number of benzene rings is 1. The second-order valence-electron chi connectivity index (χ2n) is 10.0. The molecule has 4 unspecified atom stereocenters. The molecule has 0 saturated carbocycles. The smallest absolute Gasteiger partial charge is 0.326 e. The Morgan fingerprint density at radius 3 is 1.76 bits per heavy atom. The van der Waals surface area contributed by atoms with Crippen molar-refractivity contribution < 1.29 is 29.1 Å². The maximum atomic E-state index is 13.0. The summed E-state index contributed by atoms with van der Waals surface area (Å²) in [6.07, 6.45) is 0.730. The molecule has 0 saturated heterocycles. The number of hydrogen-bond donors (Lipinski definition) is 6. The van der Waals surface area contributed by atoms with Gasteiger partial charge in [0.25, 0.3) is 0 Å². The van der Waals surface area contributed by atoms with E-state index in [1.54, 1.807) is 30.3 Å². The molecule has 11 nitrogen and oxygen atoms in total. The van der Waals surface area contributed by atoms with E-state index in [1.165, 1.54) is 6.92 Å². The fourth-order valence-electron chi connectivity index (χ4n) is 3.57. The van der Waals surface area contributed by atoms with E-state index < -0.39 is 60.3 Å². The van der Waals surface area contributed by atoms with Gasteiger partial charge in [0.2, 0.25) is 23.6 Å². The maximum Gasteiger partial charge on any atom is 0.326 e. The van der Waals surface area contributed by atoms with Gasteiger partial charge in [-0.2, -0.15) is 0 Å². The molecule has 0 aliphatic carbocycles. The second-order valence-corrected chi connectivity index (χ2v) is 10.0. The van der Waals surface area contributed by atoms with Crippen molar-refractivity contribution in [2.45, 2.75) is 78.0 Å². The number of nitrogens with one attached hydrogen (secondary N) is 4. The Kier molecular flexibility index (Phi) is 13.3. The van der Waals surface area contributed by atoms with Crippen molar-refractivity contribution in [2.24, 2.45) is 17.6 Å². The van der Waals surface area contributed by atoms with Gasteiger partial charge < -0.3 is 32.1 Å². The Morgan fingerprint density at radius 2 is 1.27 bits per heavy atom. The first-order valence-electron chi connectivity index (χ1n) is 12.5. The Labute approximate surface area is 218 Å². The van der Waals surface area contributed by atoms with E-state index in [9.17, 15) is 29.1 Å². The largest absolute Gasteiger partial charge is 0.480 e. The van der Waals surface area contributed by atoms with Crippen LogP contribution in [0.3, 0.4) is 0 Å². The van der Waals surface area contributed by atoms with Gasteiger partial charge in [-0.05, 0) is 37.2 Å². The van der Waals surface area contributed by atoms with Crippen molar-refractivity contribution in [2.75, 3.05) is 6.54 Å². The summed E-state index contributed by atoms with van der Waals surface area (Å²) >= 11 is 0. The van der Waals surface area contributed by atoms with Crippen LogP contribution in [0.4, 0.5) is 0 Å². The van der Waals surface area contributed by atoms with Crippen LogP contribution in [0.25, 0.3) is 0 Å². The van der Waals surface area contributed by atoms with Crippen LogP contribution in [-0.2, 0) is 30.4 Å². The van der Waals surface area contributed by atoms with E-state index in [0.29, 0.717) is 12.8 Å².